The Morgan fingerprint density at radius 3 is 2.33 bits per heavy atom. The van der Waals surface area contributed by atoms with E-state index in [1.54, 1.807) is 48.7 Å². The number of fused-ring (bicyclic) bond motifs is 1. The van der Waals surface area contributed by atoms with E-state index < -0.39 is 23.5 Å². The summed E-state index contributed by atoms with van der Waals surface area (Å²) in [5.41, 5.74) is 5.80. The molecule has 0 aliphatic heterocycles. The zero-order valence-electron chi connectivity index (χ0n) is 14.9. The van der Waals surface area contributed by atoms with Gasteiger partial charge in [-0.3, -0.25) is 0 Å². The number of rotatable bonds is 2. The number of nitrogens with one attached hydrogen (secondary N) is 1. The second-order valence-corrected chi connectivity index (χ2v) is 6.77. The highest BCUT2D eigenvalue weighted by atomic mass is 79.9. The van der Waals surface area contributed by atoms with Gasteiger partial charge in [-0.1, -0.05) is 64.3 Å². The van der Waals surface area contributed by atoms with Crippen LogP contribution in [0.4, 0.5) is 19.0 Å². The minimum atomic E-state index is -4.69. The number of aromatic nitrogens is 4. The first-order chi connectivity index (χ1) is 14.1. The Morgan fingerprint density at radius 2 is 1.80 bits per heavy atom. The summed E-state index contributed by atoms with van der Waals surface area (Å²) in [6, 6.07) is 13.6. The molecule has 0 radical (unpaired) electrons. The van der Waals surface area contributed by atoms with Crippen LogP contribution < -0.4 is 0 Å². The molecule has 154 valence electrons. The second-order valence-electron chi connectivity index (χ2n) is 5.86. The Labute approximate surface area is 176 Å². The molecule has 0 fully saturated rings. The van der Waals surface area contributed by atoms with Crippen LogP contribution in [0.5, 0.6) is 0 Å². The zero-order valence-corrected chi connectivity index (χ0v) is 16.5. The molecule has 0 saturated heterocycles. The van der Waals surface area contributed by atoms with E-state index in [-0.39, 0.29) is 11.3 Å². The number of carbonyl (C=O) groups is 1. The minimum Gasteiger partial charge on any atom is -0.482 e. The normalized spacial score (nSPS) is 11.1. The molecule has 0 atom stereocenters. The van der Waals surface area contributed by atoms with Crippen molar-refractivity contribution in [1.29, 1.82) is 0 Å². The molecule has 0 spiro atoms. The summed E-state index contributed by atoms with van der Waals surface area (Å²) in [7, 11) is 0. The molecule has 4 aromatic rings. The fourth-order valence-corrected chi connectivity index (χ4v) is 2.65. The van der Waals surface area contributed by atoms with Crippen molar-refractivity contribution in [2.45, 2.75) is 6.18 Å². The highest BCUT2D eigenvalue weighted by molar-refractivity contribution is 9.10. The number of benzene rings is 1. The van der Waals surface area contributed by atoms with Gasteiger partial charge in [-0.15, -0.1) is 0 Å². The predicted molar refractivity (Wildman–Crippen MR) is 106 cm³/mol. The minimum absolute atomic E-state index is 0.0947. The second kappa shape index (κ2) is 8.49. The summed E-state index contributed by atoms with van der Waals surface area (Å²) < 4.78 is 41.0. The molecule has 0 saturated carbocycles. The van der Waals surface area contributed by atoms with Gasteiger partial charge >= 0.3 is 12.1 Å². The summed E-state index contributed by atoms with van der Waals surface area (Å²) in [5.74, 6) is -1.12. The van der Waals surface area contributed by atoms with Gasteiger partial charge in [-0.25, -0.2) is 14.3 Å². The van der Waals surface area contributed by atoms with Crippen molar-refractivity contribution in [3.05, 3.63) is 82.4 Å². The van der Waals surface area contributed by atoms with Crippen molar-refractivity contribution >= 4 is 33.4 Å². The van der Waals surface area contributed by atoms with Crippen LogP contribution in [-0.2, 0) is 6.18 Å². The molecule has 1 aromatic carbocycles. The van der Waals surface area contributed by atoms with Crippen LogP contribution in [0.3, 0.4) is 0 Å². The van der Waals surface area contributed by atoms with Gasteiger partial charge in [0, 0.05) is 16.1 Å². The first kappa shape index (κ1) is 21.2. The van der Waals surface area contributed by atoms with Gasteiger partial charge in [0.25, 0.3) is 0 Å². The maximum Gasteiger partial charge on any atom is 0.433 e. The zero-order chi connectivity index (χ0) is 21.9. The number of alkyl halides is 3. The Morgan fingerprint density at radius 1 is 1.10 bits per heavy atom. The van der Waals surface area contributed by atoms with Crippen molar-refractivity contribution in [2.24, 2.45) is 0 Å². The summed E-state index contributed by atoms with van der Waals surface area (Å²) in [6.07, 6.45) is -3.09. The van der Waals surface area contributed by atoms with Gasteiger partial charge in [0.15, 0.2) is 17.0 Å². The molecular formula is C19H12BrF3N5O2-. The molecule has 0 aliphatic carbocycles. The largest absolute Gasteiger partial charge is 0.482 e. The molecule has 2 N–H and O–H groups in total. The maximum absolute atomic E-state index is 13.2. The number of halogens is 4. The summed E-state index contributed by atoms with van der Waals surface area (Å²) in [4.78, 5) is 18.7. The van der Waals surface area contributed by atoms with E-state index >= 15 is 0 Å². The first-order valence-corrected chi connectivity index (χ1v) is 9.04. The Balaban J connectivity index is 0.000000269. The van der Waals surface area contributed by atoms with Gasteiger partial charge < -0.3 is 15.8 Å². The number of aromatic carboxylic acids is 1. The van der Waals surface area contributed by atoms with Gasteiger partial charge in [0.2, 0.25) is 0 Å². The van der Waals surface area contributed by atoms with Crippen LogP contribution in [0.15, 0.2) is 65.3 Å². The van der Waals surface area contributed by atoms with Crippen LogP contribution in [-0.4, -0.2) is 30.7 Å². The van der Waals surface area contributed by atoms with Crippen LogP contribution in [0, 0.1) is 0 Å². The lowest BCUT2D eigenvalue weighted by atomic mass is 10.1. The lowest BCUT2D eigenvalue weighted by Crippen LogP contribution is -2.14. The summed E-state index contributed by atoms with van der Waals surface area (Å²) in [5, 5.41) is 12.3. The third-order valence-corrected chi connectivity index (χ3v) is 4.20. The quantitative estimate of drug-likeness (QED) is 0.401. The molecule has 7 nitrogen and oxygen atoms in total. The molecule has 0 unspecified atom stereocenters. The molecule has 3 aromatic heterocycles. The standard InChI is InChI=1S/C14H8F3N3O2.C5H4BrN2/c15-14(16,17)11-6-9(8-4-2-1-3-5-8)18-12-7-10(13(21)22)19-20(11)12;6-4-1-2-5(7)8-3-4/h1-7H,(H,21,22);1-3H,(H-,7,8)/q;-1. The van der Waals surface area contributed by atoms with E-state index in [0.717, 1.165) is 16.6 Å². The fourth-order valence-electron chi connectivity index (χ4n) is 2.41. The molecule has 4 rings (SSSR count). The van der Waals surface area contributed by atoms with Gasteiger partial charge in [0.1, 0.15) is 0 Å². The Hall–Kier alpha value is -3.47. The van der Waals surface area contributed by atoms with Crippen molar-refractivity contribution in [3.63, 3.8) is 0 Å². The lowest BCUT2D eigenvalue weighted by Gasteiger charge is -2.10. The van der Waals surface area contributed by atoms with E-state index in [1.807, 2.05) is 0 Å². The van der Waals surface area contributed by atoms with Crippen LogP contribution in [0.2, 0.25) is 0 Å². The summed E-state index contributed by atoms with van der Waals surface area (Å²) >= 11 is 3.20. The average Bonchev–Trinajstić information content (AvgIpc) is 3.14. The maximum atomic E-state index is 13.2. The van der Waals surface area contributed by atoms with E-state index in [0.29, 0.717) is 15.9 Å². The van der Waals surface area contributed by atoms with Crippen LogP contribution >= 0.6 is 15.9 Å². The van der Waals surface area contributed by atoms with Crippen LogP contribution in [0.1, 0.15) is 16.2 Å². The number of carboxylic acids is 1. The molecule has 0 bridgehead atoms. The fraction of sp³-hybridized carbons (Fsp3) is 0.0526. The highest BCUT2D eigenvalue weighted by Gasteiger charge is 2.35. The van der Waals surface area contributed by atoms with E-state index in [9.17, 15) is 18.0 Å². The van der Waals surface area contributed by atoms with Crippen molar-refractivity contribution in [1.82, 2.24) is 19.6 Å². The number of hydrogen-bond donors (Lipinski definition) is 1. The van der Waals surface area contributed by atoms with E-state index in [4.69, 9.17) is 10.8 Å². The van der Waals surface area contributed by atoms with Gasteiger partial charge in [-0.2, -0.15) is 18.3 Å². The third-order valence-electron chi connectivity index (χ3n) is 3.73. The van der Waals surface area contributed by atoms with E-state index in [1.165, 1.54) is 0 Å². The van der Waals surface area contributed by atoms with Crippen molar-refractivity contribution < 1.29 is 23.1 Å². The van der Waals surface area contributed by atoms with Crippen molar-refractivity contribution in [3.8, 4) is 11.3 Å². The monoisotopic (exact) mass is 478 g/mol. The van der Waals surface area contributed by atoms with Gasteiger partial charge in [-0.05, 0) is 12.1 Å². The molecule has 30 heavy (non-hydrogen) atoms. The average molecular weight is 479 g/mol. The van der Waals surface area contributed by atoms with Gasteiger partial charge in [0.05, 0.1) is 5.69 Å². The number of nitrogens with zero attached hydrogens (tertiary/aromatic N) is 4. The molecule has 0 aliphatic rings. The van der Waals surface area contributed by atoms with E-state index in [2.05, 4.69) is 31.0 Å². The molecule has 0 amide bonds. The highest BCUT2D eigenvalue weighted by Crippen LogP contribution is 2.32. The molecule has 3 heterocycles. The van der Waals surface area contributed by atoms with Crippen LogP contribution in [0.25, 0.3) is 22.6 Å². The number of pyridine rings is 1. The molecule has 11 heteroatoms. The third kappa shape index (κ3) is 4.92. The summed E-state index contributed by atoms with van der Waals surface area (Å²) in [6.45, 7) is 0. The lowest BCUT2D eigenvalue weighted by molar-refractivity contribution is -0.142. The number of carboxylic acid groups (broad SMARTS) is 1. The molecular weight excluding hydrogens is 467 g/mol. The predicted octanol–water partition coefficient (Wildman–Crippen LogP) is 5.64. The topological polar surface area (TPSA) is 104 Å². The first-order valence-electron chi connectivity index (χ1n) is 8.25. The smallest absolute Gasteiger partial charge is 0.433 e. The van der Waals surface area contributed by atoms with Crippen molar-refractivity contribution in [2.75, 3.05) is 0 Å². The SMILES string of the molecule is O=C(O)c1cc2nc(-c3ccccc3)cc(C(F)(F)F)n2n1.[NH-]c1ccc(Br)cn1. The number of hydrogen-bond acceptors (Lipinski definition) is 4. The Kier molecular flexibility index (Phi) is 6.01. The Bertz CT molecular complexity index is 1160.